The Labute approximate surface area is 143 Å². The Morgan fingerprint density at radius 2 is 2.08 bits per heavy atom. The summed E-state index contributed by atoms with van der Waals surface area (Å²) in [5.41, 5.74) is 0. The Bertz CT molecular complexity index is 840. The van der Waals surface area contributed by atoms with Crippen LogP contribution in [0.4, 0.5) is 13.2 Å². The van der Waals surface area contributed by atoms with Gasteiger partial charge in [0.25, 0.3) is 11.9 Å². The Balaban J connectivity index is 1.77. The molecule has 1 aliphatic rings. The van der Waals surface area contributed by atoms with Gasteiger partial charge in [-0.15, -0.1) is 10.2 Å². The number of hydrogen-bond donors (Lipinski definition) is 3. The zero-order valence-electron chi connectivity index (χ0n) is 13.4. The third kappa shape index (κ3) is 3.81. The average Bonchev–Trinajstić information content (AvgIpc) is 3.06. The lowest BCUT2D eigenvalue weighted by Crippen LogP contribution is -2.41. The van der Waals surface area contributed by atoms with Crippen LogP contribution in [0.1, 0.15) is 41.5 Å². The molecule has 1 amide bonds. The van der Waals surface area contributed by atoms with Gasteiger partial charge in [0.1, 0.15) is 11.9 Å². The van der Waals surface area contributed by atoms with Crippen molar-refractivity contribution in [2.75, 3.05) is 0 Å². The molecule has 10 nitrogen and oxygen atoms in total. The number of hydrogen-bond acceptors (Lipinski definition) is 6. The number of amides is 1. The van der Waals surface area contributed by atoms with Gasteiger partial charge in [-0.05, 0) is 19.3 Å². The van der Waals surface area contributed by atoms with E-state index in [2.05, 4.69) is 25.5 Å². The number of rotatable bonds is 6. The number of aromatic amines is 1. The Kier molecular flexibility index (Phi) is 4.38. The second-order valence-corrected chi connectivity index (χ2v) is 5.92. The third-order valence-electron chi connectivity index (χ3n) is 3.77. The lowest BCUT2D eigenvalue weighted by molar-refractivity contribution is -0.144. The van der Waals surface area contributed by atoms with Gasteiger partial charge in [0, 0.05) is 0 Å². The summed E-state index contributed by atoms with van der Waals surface area (Å²) in [7, 11) is 0. The first-order valence-electron chi connectivity index (χ1n) is 7.62. The monoisotopic (exact) mass is 373 g/mol. The second-order valence-electron chi connectivity index (χ2n) is 5.92. The van der Waals surface area contributed by atoms with Gasteiger partial charge in [-0.2, -0.15) is 22.8 Å². The van der Waals surface area contributed by atoms with E-state index in [-0.39, 0.29) is 17.6 Å². The van der Waals surface area contributed by atoms with Crippen LogP contribution in [-0.2, 0) is 11.0 Å². The predicted molar refractivity (Wildman–Crippen MR) is 77.3 cm³/mol. The first kappa shape index (κ1) is 17.8. The Hall–Kier alpha value is -2.99. The normalized spacial score (nSPS) is 15.7. The molecule has 1 fully saturated rings. The Morgan fingerprint density at radius 1 is 1.38 bits per heavy atom. The smallest absolute Gasteiger partial charge is 0.451 e. The van der Waals surface area contributed by atoms with Gasteiger partial charge in [0.15, 0.2) is 0 Å². The summed E-state index contributed by atoms with van der Waals surface area (Å²) < 4.78 is 38.6. The van der Waals surface area contributed by atoms with Crippen LogP contribution in [0, 0.1) is 12.8 Å². The van der Waals surface area contributed by atoms with Crippen LogP contribution < -0.4 is 5.32 Å². The van der Waals surface area contributed by atoms with Crippen molar-refractivity contribution in [2.24, 2.45) is 5.92 Å². The number of alkyl halides is 3. The van der Waals surface area contributed by atoms with Gasteiger partial charge < -0.3 is 10.4 Å². The maximum atomic E-state index is 12.6. The van der Waals surface area contributed by atoms with Crippen molar-refractivity contribution in [3.63, 3.8) is 0 Å². The lowest BCUT2D eigenvalue weighted by atomic mass is 10.1. The maximum absolute atomic E-state index is 12.6. The Morgan fingerprint density at radius 3 is 2.62 bits per heavy atom. The fourth-order valence-electron chi connectivity index (χ4n) is 2.28. The van der Waals surface area contributed by atoms with Gasteiger partial charge in [0.2, 0.25) is 11.6 Å². The molecule has 3 rings (SSSR count). The van der Waals surface area contributed by atoms with E-state index in [1.54, 1.807) is 5.10 Å². The molecule has 1 aliphatic carbocycles. The summed E-state index contributed by atoms with van der Waals surface area (Å²) in [4.78, 5) is 30.5. The molecule has 3 N–H and O–H groups in total. The minimum absolute atomic E-state index is 0.0666. The number of carboxylic acid groups (broad SMARTS) is 1. The van der Waals surface area contributed by atoms with Gasteiger partial charge in [-0.3, -0.25) is 9.89 Å². The molecule has 0 saturated heterocycles. The number of nitrogens with zero attached hydrogens (tertiary/aromatic N) is 5. The largest absolute Gasteiger partial charge is 0.480 e. The van der Waals surface area contributed by atoms with Crippen molar-refractivity contribution in [3.8, 4) is 5.95 Å². The van der Waals surface area contributed by atoms with E-state index in [9.17, 15) is 27.9 Å². The van der Waals surface area contributed by atoms with Crippen LogP contribution in [0.25, 0.3) is 5.95 Å². The highest BCUT2D eigenvalue weighted by Crippen LogP contribution is 2.33. The zero-order valence-corrected chi connectivity index (χ0v) is 13.4. The fraction of sp³-hybridized carbons (Fsp3) is 0.538. The molecule has 13 heteroatoms. The number of H-pyrrole nitrogens is 1. The molecular weight excluding hydrogens is 359 g/mol. The highest BCUT2D eigenvalue weighted by Gasteiger charge is 2.36. The van der Waals surface area contributed by atoms with Crippen LogP contribution >= 0.6 is 0 Å². The van der Waals surface area contributed by atoms with E-state index in [1.807, 2.05) is 0 Å². The third-order valence-corrected chi connectivity index (χ3v) is 3.77. The molecule has 0 aromatic carbocycles. The first-order valence-corrected chi connectivity index (χ1v) is 7.62. The van der Waals surface area contributed by atoms with Crippen molar-refractivity contribution >= 4 is 11.9 Å². The molecule has 0 radical (unpaired) electrons. The molecule has 1 saturated carbocycles. The number of aryl methyl sites for hydroxylation is 1. The summed E-state index contributed by atoms with van der Waals surface area (Å²) in [5, 5.41) is 20.4. The second kappa shape index (κ2) is 6.38. The minimum Gasteiger partial charge on any atom is -0.480 e. The number of carbonyl (C=O) groups excluding carboxylic acids is 1. The van der Waals surface area contributed by atoms with E-state index in [1.165, 1.54) is 6.92 Å². The number of nitrogens with one attached hydrogen (secondary N) is 2. The molecule has 2 aromatic heterocycles. The molecule has 140 valence electrons. The quantitative estimate of drug-likeness (QED) is 0.677. The number of aromatic nitrogens is 6. The lowest BCUT2D eigenvalue weighted by Gasteiger charge is -2.12. The van der Waals surface area contributed by atoms with E-state index in [4.69, 9.17) is 0 Å². The van der Waals surface area contributed by atoms with Crippen LogP contribution in [0.5, 0.6) is 0 Å². The molecule has 1 atom stereocenters. The maximum Gasteiger partial charge on any atom is 0.451 e. The van der Waals surface area contributed by atoms with Crippen LogP contribution in [0.3, 0.4) is 0 Å². The number of carboxylic acids is 1. The highest BCUT2D eigenvalue weighted by molar-refractivity contribution is 5.93. The number of halogens is 3. The van der Waals surface area contributed by atoms with Gasteiger partial charge in [-0.25, -0.2) is 9.78 Å². The summed E-state index contributed by atoms with van der Waals surface area (Å²) in [6.45, 7) is 1.40. The minimum atomic E-state index is -4.71. The first-order chi connectivity index (χ1) is 12.1. The SMILES string of the molecule is Cc1nc(C(=O)NC(CC2CC2)C(=O)O)nn1-c1n[nH]c(C(F)(F)F)n1. The van der Waals surface area contributed by atoms with Gasteiger partial charge in [0.05, 0.1) is 0 Å². The fourth-order valence-corrected chi connectivity index (χ4v) is 2.28. The average molecular weight is 373 g/mol. The zero-order chi connectivity index (χ0) is 19.1. The van der Waals surface area contributed by atoms with Gasteiger partial charge >= 0.3 is 12.1 Å². The molecule has 1 unspecified atom stereocenters. The van der Waals surface area contributed by atoms with Crippen molar-refractivity contribution in [2.45, 2.75) is 38.4 Å². The van der Waals surface area contributed by atoms with E-state index in [0.717, 1.165) is 17.5 Å². The van der Waals surface area contributed by atoms with Crippen molar-refractivity contribution in [1.29, 1.82) is 0 Å². The molecule has 0 spiro atoms. The van der Waals surface area contributed by atoms with Crippen LogP contribution in [-0.4, -0.2) is 53.0 Å². The van der Waals surface area contributed by atoms with Gasteiger partial charge in [-0.1, -0.05) is 12.8 Å². The predicted octanol–water partition coefficient (Wildman–Crippen LogP) is 0.696. The molecule has 0 aliphatic heterocycles. The molecule has 0 bridgehead atoms. The summed E-state index contributed by atoms with van der Waals surface area (Å²) in [6.07, 6.45) is -2.58. The van der Waals surface area contributed by atoms with E-state index in [0.29, 0.717) is 6.42 Å². The molecule has 2 heterocycles. The van der Waals surface area contributed by atoms with Crippen molar-refractivity contribution in [3.05, 3.63) is 17.5 Å². The molecule has 26 heavy (non-hydrogen) atoms. The summed E-state index contributed by atoms with van der Waals surface area (Å²) >= 11 is 0. The highest BCUT2D eigenvalue weighted by atomic mass is 19.4. The van der Waals surface area contributed by atoms with Crippen molar-refractivity contribution < 1.29 is 27.9 Å². The standard InChI is InChI=1S/C13H14F3N7O3/c1-5-17-8(9(24)18-7(10(25)26)4-6-2-3-6)22-23(5)12-19-11(20-21-12)13(14,15)16/h6-7H,2-4H2,1H3,(H,18,24)(H,25,26)(H,19,20,21). The van der Waals surface area contributed by atoms with E-state index >= 15 is 0 Å². The molecular formula is C13H14F3N7O3. The number of aliphatic carboxylic acids is 1. The van der Waals surface area contributed by atoms with E-state index < -0.39 is 35.9 Å². The topological polar surface area (TPSA) is 139 Å². The van der Waals surface area contributed by atoms with Crippen LogP contribution in [0.15, 0.2) is 0 Å². The summed E-state index contributed by atoms with van der Waals surface area (Å²) in [5.74, 6) is -3.83. The summed E-state index contributed by atoms with van der Waals surface area (Å²) in [6, 6.07) is -1.08. The molecule has 2 aromatic rings. The van der Waals surface area contributed by atoms with Crippen LogP contribution in [0.2, 0.25) is 0 Å². The van der Waals surface area contributed by atoms with Crippen molar-refractivity contribution in [1.82, 2.24) is 35.3 Å². The number of carbonyl (C=O) groups is 2.